The predicted molar refractivity (Wildman–Crippen MR) is 81.3 cm³/mol. The summed E-state index contributed by atoms with van der Waals surface area (Å²) in [6.07, 6.45) is 8.08. The smallest absolute Gasteiger partial charge is 0.0305 e. The SMILES string of the molecule is CNCC1CCC(C(C)C)CC1c1cnccc1C. The van der Waals surface area contributed by atoms with Crippen molar-refractivity contribution in [1.29, 1.82) is 0 Å². The number of nitrogens with zero attached hydrogens (tertiary/aromatic N) is 1. The van der Waals surface area contributed by atoms with Crippen LogP contribution in [0.4, 0.5) is 0 Å². The number of aromatic nitrogens is 1. The molecule has 3 unspecified atom stereocenters. The zero-order valence-corrected chi connectivity index (χ0v) is 12.8. The van der Waals surface area contributed by atoms with Crippen LogP contribution in [0.1, 0.15) is 50.2 Å². The highest BCUT2D eigenvalue weighted by Crippen LogP contribution is 2.43. The molecule has 0 amide bonds. The Balaban J connectivity index is 2.23. The van der Waals surface area contributed by atoms with Gasteiger partial charge < -0.3 is 5.32 Å². The van der Waals surface area contributed by atoms with E-state index >= 15 is 0 Å². The molecule has 2 heteroatoms. The Bertz CT molecular complexity index is 400. The van der Waals surface area contributed by atoms with E-state index in [0.29, 0.717) is 5.92 Å². The topological polar surface area (TPSA) is 24.9 Å². The van der Waals surface area contributed by atoms with Crippen LogP contribution in [0.25, 0.3) is 0 Å². The first-order chi connectivity index (χ1) is 9.13. The van der Waals surface area contributed by atoms with Crippen molar-refractivity contribution in [2.75, 3.05) is 13.6 Å². The molecule has 1 aromatic rings. The first kappa shape index (κ1) is 14.5. The summed E-state index contributed by atoms with van der Waals surface area (Å²) in [7, 11) is 2.07. The fourth-order valence-corrected chi connectivity index (χ4v) is 3.62. The lowest BCUT2D eigenvalue weighted by molar-refractivity contribution is 0.192. The van der Waals surface area contributed by atoms with Crippen LogP contribution in [0.5, 0.6) is 0 Å². The van der Waals surface area contributed by atoms with Gasteiger partial charge in [0.25, 0.3) is 0 Å². The van der Waals surface area contributed by atoms with E-state index in [4.69, 9.17) is 0 Å². The molecule has 0 spiro atoms. The third-order valence-electron chi connectivity index (χ3n) is 4.92. The fourth-order valence-electron chi connectivity index (χ4n) is 3.62. The second kappa shape index (κ2) is 6.51. The lowest BCUT2D eigenvalue weighted by Crippen LogP contribution is -2.32. The maximum Gasteiger partial charge on any atom is 0.0305 e. The summed E-state index contributed by atoms with van der Waals surface area (Å²) in [6, 6.07) is 2.16. The van der Waals surface area contributed by atoms with Crippen molar-refractivity contribution in [1.82, 2.24) is 10.3 Å². The van der Waals surface area contributed by atoms with Gasteiger partial charge in [-0.2, -0.15) is 0 Å². The number of pyridine rings is 1. The Morgan fingerprint density at radius 1 is 1.37 bits per heavy atom. The number of nitrogens with one attached hydrogen (secondary N) is 1. The van der Waals surface area contributed by atoms with E-state index in [2.05, 4.69) is 50.4 Å². The summed E-state index contributed by atoms with van der Waals surface area (Å²) in [5.74, 6) is 3.12. The molecule has 1 fully saturated rings. The van der Waals surface area contributed by atoms with Crippen molar-refractivity contribution in [3.05, 3.63) is 29.6 Å². The van der Waals surface area contributed by atoms with Gasteiger partial charge in [-0.1, -0.05) is 13.8 Å². The summed E-state index contributed by atoms with van der Waals surface area (Å²) < 4.78 is 0. The summed E-state index contributed by atoms with van der Waals surface area (Å²) >= 11 is 0. The van der Waals surface area contributed by atoms with E-state index < -0.39 is 0 Å². The van der Waals surface area contributed by atoms with Gasteiger partial charge >= 0.3 is 0 Å². The predicted octanol–water partition coefficient (Wildman–Crippen LogP) is 3.77. The van der Waals surface area contributed by atoms with Crippen LogP contribution in [-0.4, -0.2) is 18.6 Å². The third kappa shape index (κ3) is 3.36. The van der Waals surface area contributed by atoms with Crippen molar-refractivity contribution in [3.8, 4) is 0 Å². The van der Waals surface area contributed by atoms with Gasteiger partial charge in [-0.25, -0.2) is 0 Å². The van der Waals surface area contributed by atoms with Crippen molar-refractivity contribution < 1.29 is 0 Å². The molecule has 0 aromatic carbocycles. The van der Waals surface area contributed by atoms with E-state index in [1.165, 1.54) is 30.4 Å². The Kier molecular flexibility index (Phi) is 4.98. The van der Waals surface area contributed by atoms with Gasteiger partial charge in [0.15, 0.2) is 0 Å². The molecular weight excluding hydrogens is 232 g/mol. The Morgan fingerprint density at radius 3 is 2.79 bits per heavy atom. The lowest BCUT2D eigenvalue weighted by atomic mass is 9.68. The first-order valence-corrected chi connectivity index (χ1v) is 7.68. The second-order valence-electron chi connectivity index (χ2n) is 6.47. The molecule has 1 aromatic heterocycles. The third-order valence-corrected chi connectivity index (χ3v) is 4.92. The van der Waals surface area contributed by atoms with Crippen LogP contribution in [0.2, 0.25) is 0 Å². The Hall–Kier alpha value is -0.890. The quantitative estimate of drug-likeness (QED) is 0.891. The normalized spacial score (nSPS) is 27.7. The average molecular weight is 260 g/mol. The summed E-state index contributed by atoms with van der Waals surface area (Å²) in [6.45, 7) is 8.10. The zero-order valence-electron chi connectivity index (χ0n) is 12.8. The lowest BCUT2D eigenvalue weighted by Gasteiger charge is -2.38. The minimum absolute atomic E-state index is 0.683. The van der Waals surface area contributed by atoms with E-state index in [-0.39, 0.29) is 0 Å². The highest BCUT2D eigenvalue weighted by atomic mass is 14.8. The van der Waals surface area contributed by atoms with Crippen LogP contribution < -0.4 is 5.32 Å². The van der Waals surface area contributed by atoms with Crippen LogP contribution in [0.15, 0.2) is 18.5 Å². The van der Waals surface area contributed by atoms with E-state index in [9.17, 15) is 0 Å². The highest BCUT2D eigenvalue weighted by Gasteiger charge is 2.33. The van der Waals surface area contributed by atoms with Gasteiger partial charge in [0.2, 0.25) is 0 Å². The molecule has 1 aliphatic carbocycles. The van der Waals surface area contributed by atoms with Crippen molar-refractivity contribution in [2.24, 2.45) is 17.8 Å². The maximum atomic E-state index is 4.36. The highest BCUT2D eigenvalue weighted by molar-refractivity contribution is 5.27. The minimum Gasteiger partial charge on any atom is -0.319 e. The summed E-state index contributed by atoms with van der Waals surface area (Å²) in [5, 5.41) is 3.38. The van der Waals surface area contributed by atoms with E-state index in [1.54, 1.807) is 0 Å². The molecule has 0 saturated heterocycles. The molecule has 1 heterocycles. The number of rotatable bonds is 4. The molecule has 1 aliphatic rings. The molecule has 0 radical (unpaired) electrons. The van der Waals surface area contributed by atoms with Gasteiger partial charge in [0, 0.05) is 12.4 Å². The average Bonchev–Trinajstić information content (AvgIpc) is 2.40. The monoisotopic (exact) mass is 260 g/mol. The van der Waals surface area contributed by atoms with Crippen molar-refractivity contribution >= 4 is 0 Å². The van der Waals surface area contributed by atoms with Gasteiger partial charge in [0.05, 0.1) is 0 Å². The molecule has 106 valence electrons. The molecular formula is C17H28N2. The molecule has 19 heavy (non-hydrogen) atoms. The fraction of sp³-hybridized carbons (Fsp3) is 0.706. The first-order valence-electron chi connectivity index (χ1n) is 7.68. The van der Waals surface area contributed by atoms with Gasteiger partial charge in [0.1, 0.15) is 0 Å². The number of hydrogen-bond donors (Lipinski definition) is 1. The van der Waals surface area contributed by atoms with Gasteiger partial charge in [-0.05, 0) is 80.6 Å². The molecule has 2 nitrogen and oxygen atoms in total. The Morgan fingerprint density at radius 2 is 2.16 bits per heavy atom. The molecule has 1 N–H and O–H groups in total. The molecule has 3 atom stereocenters. The van der Waals surface area contributed by atoms with Crippen LogP contribution in [-0.2, 0) is 0 Å². The number of aryl methyl sites for hydroxylation is 1. The Labute approximate surface area is 118 Å². The molecule has 0 aliphatic heterocycles. The molecule has 2 rings (SSSR count). The zero-order chi connectivity index (χ0) is 13.8. The van der Waals surface area contributed by atoms with E-state index in [0.717, 1.165) is 24.3 Å². The van der Waals surface area contributed by atoms with Crippen molar-refractivity contribution in [2.45, 2.75) is 46.0 Å². The van der Waals surface area contributed by atoms with Gasteiger partial charge in [-0.15, -0.1) is 0 Å². The van der Waals surface area contributed by atoms with E-state index in [1.807, 2.05) is 6.20 Å². The summed E-state index contributed by atoms with van der Waals surface area (Å²) in [5.41, 5.74) is 2.89. The summed E-state index contributed by atoms with van der Waals surface area (Å²) in [4.78, 5) is 4.36. The molecule has 0 bridgehead atoms. The minimum atomic E-state index is 0.683. The largest absolute Gasteiger partial charge is 0.319 e. The number of hydrogen-bond acceptors (Lipinski definition) is 2. The van der Waals surface area contributed by atoms with Crippen LogP contribution in [0, 0.1) is 24.7 Å². The second-order valence-corrected chi connectivity index (χ2v) is 6.47. The molecule has 1 saturated carbocycles. The van der Waals surface area contributed by atoms with Gasteiger partial charge in [-0.3, -0.25) is 4.98 Å². The maximum absolute atomic E-state index is 4.36. The van der Waals surface area contributed by atoms with Crippen LogP contribution in [0.3, 0.4) is 0 Å². The van der Waals surface area contributed by atoms with Crippen LogP contribution >= 0.6 is 0 Å². The van der Waals surface area contributed by atoms with Crippen molar-refractivity contribution in [3.63, 3.8) is 0 Å². The standard InChI is InChI=1S/C17H28N2/c1-12(2)14-5-6-15(10-18-4)16(9-14)17-11-19-8-7-13(17)3/h7-8,11-12,14-16,18H,5-6,9-10H2,1-4H3.